The molecule has 0 spiro atoms. The zero-order valence-electron chi connectivity index (χ0n) is 12.1. The Hall–Kier alpha value is -1.28. The summed E-state index contributed by atoms with van der Waals surface area (Å²) in [6, 6.07) is -0.420. The highest BCUT2D eigenvalue weighted by Crippen LogP contribution is 2.25. The maximum atomic E-state index is 12.3. The van der Waals surface area contributed by atoms with Crippen LogP contribution in [0.3, 0.4) is 0 Å². The minimum absolute atomic E-state index is 0.0896. The summed E-state index contributed by atoms with van der Waals surface area (Å²) in [7, 11) is 0. The average molecular weight is 318 g/mol. The second-order valence-electron chi connectivity index (χ2n) is 5.46. The molecule has 0 radical (unpaired) electrons. The summed E-state index contributed by atoms with van der Waals surface area (Å²) < 4.78 is 24.6. The van der Waals surface area contributed by atoms with Gasteiger partial charge in [0.25, 0.3) is 6.43 Å². The number of hydrogen-bond acceptors (Lipinski definition) is 4. The Balaban J connectivity index is 1.77. The van der Waals surface area contributed by atoms with Crippen molar-refractivity contribution < 1.29 is 13.6 Å². The number of nitrogens with zero attached hydrogens (tertiary/aromatic N) is 2. The molecule has 1 aliphatic rings. The van der Waals surface area contributed by atoms with Crippen LogP contribution < -0.4 is 10.6 Å². The summed E-state index contributed by atoms with van der Waals surface area (Å²) in [5.41, 5.74) is 0. The van der Waals surface area contributed by atoms with Crippen molar-refractivity contribution in [2.24, 2.45) is 0 Å². The van der Waals surface area contributed by atoms with E-state index in [4.69, 9.17) is 0 Å². The number of urea groups is 1. The van der Waals surface area contributed by atoms with Crippen LogP contribution in [0.15, 0.2) is 6.20 Å². The topological polar surface area (TPSA) is 57.3 Å². The van der Waals surface area contributed by atoms with Gasteiger partial charge < -0.3 is 5.32 Å². The van der Waals surface area contributed by atoms with Gasteiger partial charge in [-0.15, -0.1) is 11.3 Å². The monoisotopic (exact) mass is 318 g/mol. The molecule has 2 amide bonds. The smallest absolute Gasteiger partial charge is 0.321 e. The number of alkyl halides is 2. The number of amides is 2. The Morgan fingerprint density at radius 2 is 2.33 bits per heavy atom. The molecule has 1 aromatic rings. The van der Waals surface area contributed by atoms with Gasteiger partial charge in [-0.05, 0) is 12.3 Å². The first-order chi connectivity index (χ1) is 9.94. The van der Waals surface area contributed by atoms with Crippen molar-refractivity contribution in [3.8, 4) is 0 Å². The van der Waals surface area contributed by atoms with Crippen molar-refractivity contribution in [2.75, 3.05) is 25.0 Å². The standard InChI is InChI=1S/C13H20F2N4OS/c1-8(2)10-5-16-13(21-10)18-12(20)17-9-3-4-19(6-9)7-11(14)15/h5,8-9,11H,3-4,6-7H2,1-2H3,(H2,16,17,18,20). The molecule has 0 saturated carbocycles. The van der Waals surface area contributed by atoms with Gasteiger partial charge in [0.1, 0.15) is 0 Å². The van der Waals surface area contributed by atoms with E-state index in [1.165, 1.54) is 11.3 Å². The summed E-state index contributed by atoms with van der Waals surface area (Å²) in [6.07, 6.45) is 0.113. The SMILES string of the molecule is CC(C)c1cnc(NC(=O)NC2CCN(CC(F)F)C2)s1. The molecule has 5 nitrogen and oxygen atoms in total. The van der Waals surface area contributed by atoms with E-state index < -0.39 is 6.43 Å². The fourth-order valence-electron chi connectivity index (χ4n) is 2.24. The molecule has 2 N–H and O–H groups in total. The number of rotatable bonds is 5. The molecule has 8 heteroatoms. The lowest BCUT2D eigenvalue weighted by molar-refractivity contribution is 0.0988. The average Bonchev–Trinajstić information content (AvgIpc) is 2.98. The highest BCUT2D eigenvalue weighted by Gasteiger charge is 2.25. The Morgan fingerprint density at radius 1 is 1.57 bits per heavy atom. The van der Waals surface area contributed by atoms with E-state index >= 15 is 0 Å². The molecular weight excluding hydrogens is 298 g/mol. The molecule has 1 unspecified atom stereocenters. The molecule has 2 heterocycles. The molecular formula is C13H20F2N4OS. The van der Waals surface area contributed by atoms with Gasteiger partial charge in [-0.25, -0.2) is 18.6 Å². The van der Waals surface area contributed by atoms with Crippen molar-refractivity contribution >= 4 is 22.5 Å². The lowest BCUT2D eigenvalue weighted by Gasteiger charge is -2.15. The zero-order chi connectivity index (χ0) is 15.4. The number of nitrogens with one attached hydrogen (secondary N) is 2. The Morgan fingerprint density at radius 3 is 2.95 bits per heavy atom. The predicted molar refractivity (Wildman–Crippen MR) is 79.2 cm³/mol. The molecule has 21 heavy (non-hydrogen) atoms. The number of hydrogen-bond donors (Lipinski definition) is 2. The van der Waals surface area contributed by atoms with Crippen LogP contribution in [0, 0.1) is 0 Å². The van der Waals surface area contributed by atoms with Crippen LogP contribution >= 0.6 is 11.3 Å². The largest absolute Gasteiger partial charge is 0.334 e. The molecule has 2 rings (SSSR count). The molecule has 1 fully saturated rings. The van der Waals surface area contributed by atoms with Crippen LogP contribution in [0.4, 0.5) is 18.7 Å². The van der Waals surface area contributed by atoms with E-state index in [1.54, 1.807) is 11.1 Å². The van der Waals surface area contributed by atoms with Crippen molar-refractivity contribution in [3.63, 3.8) is 0 Å². The molecule has 1 atom stereocenters. The molecule has 1 aliphatic heterocycles. The fourth-order valence-corrected chi connectivity index (χ4v) is 3.05. The van der Waals surface area contributed by atoms with Gasteiger partial charge in [0.15, 0.2) is 5.13 Å². The van der Waals surface area contributed by atoms with E-state index in [-0.39, 0.29) is 18.6 Å². The minimum atomic E-state index is -2.33. The van der Waals surface area contributed by atoms with Crippen LogP contribution in [0.2, 0.25) is 0 Å². The second-order valence-corrected chi connectivity index (χ2v) is 6.52. The van der Waals surface area contributed by atoms with Gasteiger partial charge in [-0.3, -0.25) is 10.2 Å². The van der Waals surface area contributed by atoms with Crippen LogP contribution in [0.5, 0.6) is 0 Å². The van der Waals surface area contributed by atoms with Crippen molar-refractivity contribution in [1.29, 1.82) is 0 Å². The van der Waals surface area contributed by atoms with Crippen LogP contribution in [0.1, 0.15) is 31.1 Å². The Labute approximate surface area is 126 Å². The van der Waals surface area contributed by atoms with Crippen LogP contribution in [-0.2, 0) is 0 Å². The van der Waals surface area contributed by atoms with E-state index in [0.29, 0.717) is 30.6 Å². The van der Waals surface area contributed by atoms with Gasteiger partial charge in [-0.2, -0.15) is 0 Å². The van der Waals surface area contributed by atoms with Crippen molar-refractivity contribution in [1.82, 2.24) is 15.2 Å². The summed E-state index contributed by atoms with van der Waals surface area (Å²) in [6.45, 7) is 4.95. The first-order valence-corrected chi connectivity index (χ1v) is 7.79. The first-order valence-electron chi connectivity index (χ1n) is 6.97. The number of likely N-dealkylation sites (tertiary alicyclic amines) is 1. The summed E-state index contributed by atoms with van der Waals surface area (Å²) in [5.74, 6) is 0.374. The number of halogens is 2. The van der Waals surface area contributed by atoms with Crippen LogP contribution in [0.25, 0.3) is 0 Å². The predicted octanol–water partition coefficient (Wildman–Crippen LogP) is 2.73. The third kappa shape index (κ3) is 4.89. The number of carbonyl (C=O) groups is 1. The lowest BCUT2D eigenvalue weighted by atomic mass is 10.2. The van der Waals surface area contributed by atoms with E-state index in [0.717, 1.165) is 4.88 Å². The molecule has 0 aromatic carbocycles. The molecule has 1 saturated heterocycles. The van der Waals surface area contributed by atoms with Gasteiger partial charge in [0, 0.05) is 30.2 Å². The third-order valence-electron chi connectivity index (χ3n) is 3.32. The molecule has 118 valence electrons. The van der Waals surface area contributed by atoms with Crippen molar-refractivity contribution in [2.45, 2.75) is 38.7 Å². The highest BCUT2D eigenvalue weighted by atomic mass is 32.1. The third-order valence-corrected chi connectivity index (χ3v) is 4.53. The normalized spacial score (nSPS) is 19.4. The van der Waals surface area contributed by atoms with Crippen molar-refractivity contribution in [3.05, 3.63) is 11.1 Å². The zero-order valence-corrected chi connectivity index (χ0v) is 12.9. The quantitative estimate of drug-likeness (QED) is 0.877. The number of thiazole rings is 1. The highest BCUT2D eigenvalue weighted by molar-refractivity contribution is 7.15. The van der Waals surface area contributed by atoms with E-state index in [1.807, 2.05) is 0 Å². The maximum Gasteiger partial charge on any atom is 0.321 e. The van der Waals surface area contributed by atoms with E-state index in [9.17, 15) is 13.6 Å². The minimum Gasteiger partial charge on any atom is -0.334 e. The number of aromatic nitrogens is 1. The maximum absolute atomic E-state index is 12.3. The number of carbonyl (C=O) groups excluding carboxylic acids is 1. The summed E-state index contributed by atoms with van der Waals surface area (Å²) in [5, 5.41) is 6.04. The number of anilines is 1. The van der Waals surface area contributed by atoms with E-state index in [2.05, 4.69) is 29.5 Å². The summed E-state index contributed by atoms with van der Waals surface area (Å²) >= 11 is 1.44. The molecule has 1 aromatic heterocycles. The van der Waals surface area contributed by atoms with Gasteiger partial charge in [0.2, 0.25) is 0 Å². The first kappa shape index (κ1) is 16.1. The fraction of sp³-hybridized carbons (Fsp3) is 0.692. The summed E-state index contributed by atoms with van der Waals surface area (Å²) in [4.78, 5) is 18.8. The second kappa shape index (κ2) is 7.13. The Bertz CT molecular complexity index is 480. The van der Waals surface area contributed by atoms with Gasteiger partial charge in [-0.1, -0.05) is 13.8 Å². The Kier molecular flexibility index (Phi) is 5.46. The molecule has 0 aliphatic carbocycles. The lowest BCUT2D eigenvalue weighted by Crippen LogP contribution is -2.40. The van der Waals surface area contributed by atoms with Crippen LogP contribution in [-0.4, -0.2) is 48.0 Å². The molecule has 0 bridgehead atoms. The van der Waals surface area contributed by atoms with Gasteiger partial charge in [0.05, 0.1) is 6.54 Å². The van der Waals surface area contributed by atoms with Gasteiger partial charge >= 0.3 is 6.03 Å².